The van der Waals surface area contributed by atoms with Crippen LogP contribution in [0, 0.1) is 11.6 Å². The maximum Gasteiger partial charge on any atom is 0.339 e. The van der Waals surface area contributed by atoms with Gasteiger partial charge in [-0.1, -0.05) is 18.2 Å². The highest BCUT2D eigenvalue weighted by Crippen LogP contribution is 2.30. The van der Waals surface area contributed by atoms with Crippen molar-refractivity contribution in [2.24, 2.45) is 0 Å². The van der Waals surface area contributed by atoms with E-state index >= 15 is 0 Å². The van der Waals surface area contributed by atoms with E-state index in [0.717, 1.165) is 48.7 Å². The van der Waals surface area contributed by atoms with Crippen LogP contribution in [0.15, 0.2) is 42.5 Å². The van der Waals surface area contributed by atoms with Crippen LogP contribution in [0.4, 0.5) is 8.78 Å². The van der Waals surface area contributed by atoms with E-state index in [1.54, 1.807) is 6.07 Å². The van der Waals surface area contributed by atoms with Crippen molar-refractivity contribution in [3.05, 3.63) is 76.5 Å². The summed E-state index contributed by atoms with van der Waals surface area (Å²) < 4.78 is 31.5. The van der Waals surface area contributed by atoms with Gasteiger partial charge in [-0.2, -0.15) is 0 Å². The second kappa shape index (κ2) is 6.87. The highest BCUT2D eigenvalue weighted by Gasteiger charge is 2.25. The van der Waals surface area contributed by atoms with Crippen molar-refractivity contribution in [2.75, 3.05) is 6.61 Å². The summed E-state index contributed by atoms with van der Waals surface area (Å²) in [4.78, 5) is 29.5. The molecule has 1 aromatic heterocycles. The molecule has 4 nitrogen and oxygen atoms in total. The van der Waals surface area contributed by atoms with E-state index < -0.39 is 30.0 Å². The van der Waals surface area contributed by atoms with Crippen LogP contribution in [0.25, 0.3) is 10.9 Å². The van der Waals surface area contributed by atoms with Crippen molar-refractivity contribution in [1.82, 2.24) is 4.98 Å². The first-order valence-corrected chi connectivity index (χ1v) is 8.60. The Morgan fingerprint density at radius 3 is 2.67 bits per heavy atom. The number of hydrogen-bond donors (Lipinski definition) is 0. The number of nitrogens with zero attached hydrogens (tertiary/aromatic N) is 1. The van der Waals surface area contributed by atoms with Crippen molar-refractivity contribution in [3.8, 4) is 0 Å². The Balaban J connectivity index is 1.60. The van der Waals surface area contributed by atoms with Crippen LogP contribution in [0.3, 0.4) is 0 Å². The number of halogens is 2. The summed E-state index contributed by atoms with van der Waals surface area (Å²) >= 11 is 0. The van der Waals surface area contributed by atoms with E-state index in [2.05, 4.69) is 4.98 Å². The summed E-state index contributed by atoms with van der Waals surface area (Å²) in [5, 5.41) is 0.684. The molecule has 0 amide bonds. The summed E-state index contributed by atoms with van der Waals surface area (Å²) in [6, 6.07) is 10.1. The molecular formula is C21H15F2NO3. The van der Waals surface area contributed by atoms with Crippen molar-refractivity contribution in [2.45, 2.75) is 19.3 Å². The lowest BCUT2D eigenvalue weighted by Gasteiger charge is -2.12. The number of para-hydroxylation sites is 1. The number of aryl methyl sites for hydroxylation is 1. The standard InChI is InChI=1S/C21H15F2NO3/c22-15-9-8-12(10-16(15)23)19(25)11-27-21(26)20-13-4-1-2-6-17(13)24-18-7-3-5-14(18)20/h1-2,4,6,8-10H,3,5,7,11H2. The Hall–Kier alpha value is -3.15. The van der Waals surface area contributed by atoms with Gasteiger partial charge in [-0.25, -0.2) is 13.6 Å². The number of ketones is 1. The Morgan fingerprint density at radius 1 is 1.04 bits per heavy atom. The zero-order chi connectivity index (χ0) is 19.0. The number of pyridine rings is 1. The van der Waals surface area contributed by atoms with Crippen molar-refractivity contribution in [1.29, 1.82) is 0 Å². The van der Waals surface area contributed by atoms with E-state index in [0.29, 0.717) is 16.5 Å². The van der Waals surface area contributed by atoms with Crippen molar-refractivity contribution in [3.63, 3.8) is 0 Å². The quantitative estimate of drug-likeness (QED) is 0.516. The van der Waals surface area contributed by atoms with Crippen LogP contribution in [0.1, 0.15) is 38.4 Å². The van der Waals surface area contributed by atoms with Gasteiger partial charge in [-0.15, -0.1) is 0 Å². The predicted octanol–water partition coefficient (Wildman–Crippen LogP) is 4.04. The van der Waals surface area contributed by atoms with Crippen LogP contribution in [0.2, 0.25) is 0 Å². The molecule has 0 atom stereocenters. The third-order valence-electron chi connectivity index (χ3n) is 4.70. The van der Waals surface area contributed by atoms with Crippen LogP contribution >= 0.6 is 0 Å². The number of benzene rings is 2. The van der Waals surface area contributed by atoms with Gasteiger partial charge in [0.05, 0.1) is 11.1 Å². The van der Waals surface area contributed by atoms with E-state index in [4.69, 9.17) is 4.74 Å². The highest BCUT2D eigenvalue weighted by molar-refractivity contribution is 6.06. The van der Waals surface area contributed by atoms with Gasteiger partial charge in [-0.3, -0.25) is 9.78 Å². The zero-order valence-electron chi connectivity index (χ0n) is 14.3. The average molecular weight is 367 g/mol. The Labute approximate surface area is 153 Å². The molecule has 1 heterocycles. The maximum atomic E-state index is 13.3. The smallest absolute Gasteiger partial charge is 0.339 e. The second-order valence-electron chi connectivity index (χ2n) is 6.41. The largest absolute Gasteiger partial charge is 0.454 e. The average Bonchev–Trinajstić information content (AvgIpc) is 3.13. The molecule has 0 saturated carbocycles. The summed E-state index contributed by atoms with van der Waals surface area (Å²) in [6.45, 7) is -0.546. The van der Waals surface area contributed by atoms with Gasteiger partial charge in [0, 0.05) is 16.6 Å². The van der Waals surface area contributed by atoms with Crippen LogP contribution in [-0.4, -0.2) is 23.3 Å². The molecule has 1 aliphatic rings. The fraction of sp³-hybridized carbons (Fsp3) is 0.190. The van der Waals surface area contributed by atoms with E-state index in [-0.39, 0.29) is 5.56 Å². The van der Waals surface area contributed by atoms with Crippen molar-refractivity contribution >= 4 is 22.7 Å². The van der Waals surface area contributed by atoms with E-state index in [1.165, 1.54) is 0 Å². The molecule has 0 radical (unpaired) electrons. The molecule has 136 valence electrons. The third kappa shape index (κ3) is 3.18. The number of fused-ring (bicyclic) bond motifs is 2. The lowest BCUT2D eigenvalue weighted by atomic mass is 10.0. The van der Waals surface area contributed by atoms with Crippen LogP contribution in [0.5, 0.6) is 0 Å². The number of rotatable bonds is 4. The molecule has 0 N–H and O–H groups in total. The molecular weight excluding hydrogens is 352 g/mol. The lowest BCUT2D eigenvalue weighted by molar-refractivity contribution is 0.0475. The SMILES string of the molecule is O=C(COC(=O)c1c2c(nc3ccccc13)CCC2)c1ccc(F)c(F)c1. The van der Waals surface area contributed by atoms with E-state index in [9.17, 15) is 18.4 Å². The molecule has 4 rings (SSSR count). The number of hydrogen-bond acceptors (Lipinski definition) is 4. The van der Waals surface area contributed by atoms with Gasteiger partial charge in [0.15, 0.2) is 24.0 Å². The summed E-state index contributed by atoms with van der Waals surface area (Å²) in [5.74, 6) is -3.37. The molecule has 0 aliphatic heterocycles. The highest BCUT2D eigenvalue weighted by atomic mass is 19.2. The number of Topliss-reactive ketones (excluding diaryl/α,β-unsaturated/α-hetero) is 1. The van der Waals surface area contributed by atoms with Gasteiger partial charge in [-0.05, 0) is 49.1 Å². The minimum atomic E-state index is -1.12. The minimum absolute atomic E-state index is 0.0495. The number of aromatic nitrogens is 1. The number of carbonyl (C=O) groups is 2. The molecule has 27 heavy (non-hydrogen) atoms. The van der Waals surface area contributed by atoms with Gasteiger partial charge < -0.3 is 4.74 Å². The first kappa shape index (κ1) is 17.3. The van der Waals surface area contributed by atoms with Gasteiger partial charge in [0.25, 0.3) is 0 Å². The molecule has 0 saturated heterocycles. The summed E-state index contributed by atoms with van der Waals surface area (Å²) in [7, 11) is 0. The molecule has 1 aliphatic carbocycles. The van der Waals surface area contributed by atoms with Gasteiger partial charge in [0.1, 0.15) is 0 Å². The molecule has 0 spiro atoms. The molecule has 6 heteroatoms. The normalized spacial score (nSPS) is 12.8. The van der Waals surface area contributed by atoms with Crippen LogP contribution in [-0.2, 0) is 17.6 Å². The number of ether oxygens (including phenoxy) is 1. The lowest BCUT2D eigenvalue weighted by Crippen LogP contribution is -2.16. The predicted molar refractivity (Wildman–Crippen MR) is 94.7 cm³/mol. The molecule has 0 unspecified atom stereocenters. The zero-order valence-corrected chi connectivity index (χ0v) is 14.3. The summed E-state index contributed by atoms with van der Waals surface area (Å²) in [5.41, 5.74) is 2.83. The fourth-order valence-corrected chi connectivity index (χ4v) is 3.40. The molecule has 3 aromatic rings. The first-order valence-electron chi connectivity index (χ1n) is 8.60. The van der Waals surface area contributed by atoms with Crippen molar-refractivity contribution < 1.29 is 23.1 Å². The monoisotopic (exact) mass is 367 g/mol. The third-order valence-corrected chi connectivity index (χ3v) is 4.70. The molecule has 2 aromatic carbocycles. The Kier molecular flexibility index (Phi) is 4.39. The summed E-state index contributed by atoms with van der Waals surface area (Å²) in [6.07, 6.45) is 2.44. The van der Waals surface area contributed by atoms with E-state index in [1.807, 2.05) is 18.2 Å². The Bertz CT molecular complexity index is 1080. The molecule has 0 bridgehead atoms. The molecule has 0 fully saturated rings. The fourth-order valence-electron chi connectivity index (χ4n) is 3.40. The number of carbonyl (C=O) groups excluding carboxylic acids is 2. The van der Waals surface area contributed by atoms with Crippen LogP contribution < -0.4 is 0 Å². The maximum absolute atomic E-state index is 13.3. The van der Waals surface area contributed by atoms with Gasteiger partial charge >= 0.3 is 5.97 Å². The first-order chi connectivity index (χ1) is 13.0. The Morgan fingerprint density at radius 2 is 1.85 bits per heavy atom. The second-order valence-corrected chi connectivity index (χ2v) is 6.41. The van der Waals surface area contributed by atoms with Gasteiger partial charge in [0.2, 0.25) is 0 Å². The number of esters is 1. The topological polar surface area (TPSA) is 56.3 Å². The minimum Gasteiger partial charge on any atom is -0.454 e.